The first-order valence-electron chi connectivity index (χ1n) is 6.34. The average Bonchev–Trinajstić information content (AvgIpc) is 2.31. The molecule has 17 heavy (non-hydrogen) atoms. The maximum absolute atomic E-state index is 12.1. The monoisotopic (exact) mass is 232 g/mol. The van der Waals surface area contributed by atoms with Crippen LogP contribution in [0.5, 0.6) is 0 Å². The van der Waals surface area contributed by atoms with E-state index in [2.05, 4.69) is 10.6 Å². The van der Waals surface area contributed by atoms with Crippen LogP contribution in [0.25, 0.3) is 0 Å². The summed E-state index contributed by atoms with van der Waals surface area (Å²) >= 11 is 0. The smallest absolute Gasteiger partial charge is 0.251 e. The van der Waals surface area contributed by atoms with Crippen molar-refractivity contribution in [3.8, 4) is 0 Å². The van der Waals surface area contributed by atoms with Crippen molar-refractivity contribution in [2.45, 2.75) is 31.7 Å². The fraction of sp³-hybridized carbons (Fsp3) is 0.500. The number of benzene rings is 1. The largest absolute Gasteiger partial charge is 0.349 e. The standard InChI is InChI=1S/C14H20N2O/c1-15-10-9-11-5-2-3-8-13(11)14(17)16-12-6-4-7-12/h2-3,5,8,12,15H,4,6-7,9-10H2,1H3,(H,16,17). The number of carbonyl (C=O) groups excluding carboxylic acids is 1. The summed E-state index contributed by atoms with van der Waals surface area (Å²) in [6, 6.07) is 8.27. The van der Waals surface area contributed by atoms with Crippen LogP contribution in [0.3, 0.4) is 0 Å². The van der Waals surface area contributed by atoms with Gasteiger partial charge in [0.2, 0.25) is 0 Å². The zero-order chi connectivity index (χ0) is 12.1. The van der Waals surface area contributed by atoms with E-state index in [1.165, 1.54) is 6.42 Å². The molecular weight excluding hydrogens is 212 g/mol. The van der Waals surface area contributed by atoms with Gasteiger partial charge in [0.1, 0.15) is 0 Å². The zero-order valence-electron chi connectivity index (χ0n) is 10.3. The van der Waals surface area contributed by atoms with Gasteiger partial charge in [-0.1, -0.05) is 18.2 Å². The summed E-state index contributed by atoms with van der Waals surface area (Å²) in [7, 11) is 1.93. The molecule has 1 fully saturated rings. The molecule has 1 amide bonds. The van der Waals surface area contributed by atoms with Crippen LogP contribution < -0.4 is 10.6 Å². The fourth-order valence-corrected chi connectivity index (χ4v) is 2.04. The van der Waals surface area contributed by atoms with Gasteiger partial charge >= 0.3 is 0 Å². The molecule has 0 aliphatic heterocycles. The van der Waals surface area contributed by atoms with E-state index in [9.17, 15) is 4.79 Å². The lowest BCUT2D eigenvalue weighted by Gasteiger charge is -2.26. The molecule has 0 saturated heterocycles. The lowest BCUT2D eigenvalue weighted by molar-refractivity contribution is 0.0916. The quantitative estimate of drug-likeness (QED) is 0.811. The van der Waals surface area contributed by atoms with E-state index >= 15 is 0 Å². The molecule has 0 aromatic heterocycles. The highest BCUT2D eigenvalue weighted by Gasteiger charge is 2.20. The van der Waals surface area contributed by atoms with Gasteiger partial charge in [-0.25, -0.2) is 0 Å². The Balaban J connectivity index is 2.04. The van der Waals surface area contributed by atoms with Gasteiger partial charge in [-0.15, -0.1) is 0 Å². The lowest BCUT2D eigenvalue weighted by Crippen LogP contribution is -2.39. The Labute approximate surface area is 103 Å². The van der Waals surface area contributed by atoms with E-state index < -0.39 is 0 Å². The molecular formula is C14H20N2O. The second kappa shape index (κ2) is 5.82. The lowest BCUT2D eigenvalue weighted by atomic mass is 9.92. The molecule has 1 aliphatic carbocycles. The maximum atomic E-state index is 12.1. The number of hydrogen-bond donors (Lipinski definition) is 2. The van der Waals surface area contributed by atoms with Crippen LogP contribution in [0.2, 0.25) is 0 Å². The molecule has 0 unspecified atom stereocenters. The zero-order valence-corrected chi connectivity index (χ0v) is 10.3. The van der Waals surface area contributed by atoms with Crippen LogP contribution in [-0.4, -0.2) is 25.5 Å². The van der Waals surface area contributed by atoms with Crippen molar-refractivity contribution < 1.29 is 4.79 Å². The third-order valence-electron chi connectivity index (χ3n) is 3.35. The number of hydrogen-bond acceptors (Lipinski definition) is 2. The van der Waals surface area contributed by atoms with Gasteiger partial charge in [-0.05, 0) is 50.9 Å². The Morgan fingerprint density at radius 2 is 2.12 bits per heavy atom. The van der Waals surface area contributed by atoms with Gasteiger partial charge in [0.25, 0.3) is 5.91 Å². The number of carbonyl (C=O) groups is 1. The summed E-state index contributed by atoms with van der Waals surface area (Å²) in [6.07, 6.45) is 4.39. The van der Waals surface area contributed by atoms with Crippen molar-refractivity contribution in [2.75, 3.05) is 13.6 Å². The minimum Gasteiger partial charge on any atom is -0.349 e. The van der Waals surface area contributed by atoms with E-state index in [0.717, 1.165) is 36.9 Å². The minimum absolute atomic E-state index is 0.0846. The summed E-state index contributed by atoms with van der Waals surface area (Å²) in [5.41, 5.74) is 1.95. The van der Waals surface area contributed by atoms with E-state index in [1.54, 1.807) is 0 Å². The second-order valence-corrected chi connectivity index (χ2v) is 4.61. The van der Waals surface area contributed by atoms with E-state index in [-0.39, 0.29) is 5.91 Å². The highest BCUT2D eigenvalue weighted by molar-refractivity contribution is 5.95. The van der Waals surface area contributed by atoms with Crippen LogP contribution in [0, 0.1) is 0 Å². The average molecular weight is 232 g/mol. The molecule has 3 nitrogen and oxygen atoms in total. The Kier molecular flexibility index (Phi) is 4.15. The Bertz CT molecular complexity index is 386. The summed E-state index contributed by atoms with van der Waals surface area (Å²) in [5.74, 6) is 0.0846. The van der Waals surface area contributed by atoms with Gasteiger partial charge in [0, 0.05) is 11.6 Å². The fourth-order valence-electron chi connectivity index (χ4n) is 2.04. The van der Waals surface area contributed by atoms with Gasteiger partial charge in [0.05, 0.1) is 0 Å². The molecule has 1 aliphatic rings. The van der Waals surface area contributed by atoms with Crippen molar-refractivity contribution in [1.82, 2.24) is 10.6 Å². The molecule has 0 atom stereocenters. The molecule has 3 heteroatoms. The van der Waals surface area contributed by atoms with E-state index in [0.29, 0.717) is 6.04 Å². The first-order chi connectivity index (χ1) is 8.31. The first-order valence-corrected chi connectivity index (χ1v) is 6.34. The topological polar surface area (TPSA) is 41.1 Å². The predicted molar refractivity (Wildman–Crippen MR) is 69.2 cm³/mol. The van der Waals surface area contributed by atoms with Crippen molar-refractivity contribution in [1.29, 1.82) is 0 Å². The molecule has 1 aromatic rings. The Morgan fingerprint density at radius 1 is 1.35 bits per heavy atom. The summed E-state index contributed by atoms with van der Waals surface area (Å²) in [4.78, 5) is 12.1. The highest BCUT2D eigenvalue weighted by Crippen LogP contribution is 2.19. The molecule has 0 heterocycles. The molecule has 0 bridgehead atoms. The number of rotatable bonds is 5. The third kappa shape index (κ3) is 3.07. The number of amides is 1. The summed E-state index contributed by atoms with van der Waals surface area (Å²) < 4.78 is 0. The third-order valence-corrected chi connectivity index (χ3v) is 3.35. The summed E-state index contributed by atoms with van der Waals surface area (Å²) in [6.45, 7) is 0.897. The molecule has 92 valence electrons. The van der Waals surface area contributed by atoms with Gasteiger partial charge in [-0.3, -0.25) is 4.79 Å². The van der Waals surface area contributed by atoms with Crippen molar-refractivity contribution in [3.05, 3.63) is 35.4 Å². The van der Waals surface area contributed by atoms with Gasteiger partial charge in [0.15, 0.2) is 0 Å². The van der Waals surface area contributed by atoms with Gasteiger partial charge < -0.3 is 10.6 Å². The molecule has 1 saturated carbocycles. The summed E-state index contributed by atoms with van der Waals surface area (Å²) in [5, 5.41) is 6.20. The maximum Gasteiger partial charge on any atom is 0.251 e. The molecule has 2 N–H and O–H groups in total. The van der Waals surface area contributed by atoms with Crippen LogP contribution in [0.1, 0.15) is 35.2 Å². The normalized spacial score (nSPS) is 15.4. The van der Waals surface area contributed by atoms with Crippen LogP contribution in [-0.2, 0) is 6.42 Å². The highest BCUT2D eigenvalue weighted by atomic mass is 16.1. The van der Waals surface area contributed by atoms with Crippen molar-refractivity contribution in [2.24, 2.45) is 0 Å². The molecule has 0 radical (unpaired) electrons. The SMILES string of the molecule is CNCCc1ccccc1C(=O)NC1CCC1. The number of likely N-dealkylation sites (N-methyl/N-ethyl adjacent to an activating group) is 1. The van der Waals surface area contributed by atoms with Crippen molar-refractivity contribution >= 4 is 5.91 Å². The first kappa shape index (κ1) is 12.1. The van der Waals surface area contributed by atoms with Crippen LogP contribution in [0.15, 0.2) is 24.3 Å². The second-order valence-electron chi connectivity index (χ2n) is 4.61. The van der Waals surface area contributed by atoms with E-state index in [4.69, 9.17) is 0 Å². The molecule has 0 spiro atoms. The van der Waals surface area contributed by atoms with E-state index in [1.807, 2.05) is 31.3 Å². The molecule has 1 aromatic carbocycles. The van der Waals surface area contributed by atoms with Crippen LogP contribution in [0.4, 0.5) is 0 Å². The van der Waals surface area contributed by atoms with Crippen LogP contribution >= 0.6 is 0 Å². The van der Waals surface area contributed by atoms with Gasteiger partial charge in [-0.2, -0.15) is 0 Å². The number of nitrogens with one attached hydrogen (secondary N) is 2. The predicted octanol–water partition coefficient (Wildman–Crippen LogP) is 1.73. The Morgan fingerprint density at radius 3 is 2.76 bits per heavy atom. The van der Waals surface area contributed by atoms with Crippen molar-refractivity contribution in [3.63, 3.8) is 0 Å². The minimum atomic E-state index is 0.0846. The Hall–Kier alpha value is -1.35. The molecule has 2 rings (SSSR count).